The molecule has 2 amide bonds. The molecule has 7 heteroatoms. The summed E-state index contributed by atoms with van der Waals surface area (Å²) in [4.78, 5) is 23.7. The second kappa shape index (κ2) is 8.33. The fourth-order valence-corrected chi connectivity index (χ4v) is 2.55. The van der Waals surface area contributed by atoms with Crippen LogP contribution in [0.2, 0.25) is 0 Å². The number of halogens is 1. The lowest BCUT2D eigenvalue weighted by Gasteiger charge is -2.08. The van der Waals surface area contributed by atoms with Crippen LogP contribution in [-0.4, -0.2) is 25.2 Å². The molecule has 3 rings (SSSR count). The van der Waals surface area contributed by atoms with Gasteiger partial charge < -0.3 is 20.1 Å². The van der Waals surface area contributed by atoms with Crippen LogP contribution in [-0.2, 0) is 16.0 Å². The fourth-order valence-electron chi connectivity index (χ4n) is 2.55. The molecule has 1 aliphatic heterocycles. The first kappa shape index (κ1) is 17.7. The Morgan fingerprint density at radius 2 is 1.77 bits per heavy atom. The average molecular weight is 358 g/mol. The zero-order valence-electron chi connectivity index (χ0n) is 14.1. The van der Waals surface area contributed by atoms with Gasteiger partial charge in [0.15, 0.2) is 11.5 Å². The molecule has 0 saturated heterocycles. The highest BCUT2D eigenvalue weighted by Gasteiger charge is 2.14. The number of rotatable bonds is 7. The molecule has 2 N–H and O–H groups in total. The minimum atomic E-state index is -0.323. The topological polar surface area (TPSA) is 76.7 Å². The van der Waals surface area contributed by atoms with E-state index in [2.05, 4.69) is 10.6 Å². The molecule has 0 fully saturated rings. The van der Waals surface area contributed by atoms with E-state index in [0.717, 1.165) is 5.56 Å². The maximum Gasteiger partial charge on any atom is 0.243 e. The molecule has 1 heterocycles. The first-order chi connectivity index (χ1) is 12.6. The van der Waals surface area contributed by atoms with Crippen LogP contribution >= 0.6 is 0 Å². The van der Waals surface area contributed by atoms with Gasteiger partial charge in [0, 0.05) is 18.2 Å². The lowest BCUT2D eigenvalue weighted by atomic mass is 10.1. The highest BCUT2D eigenvalue weighted by molar-refractivity contribution is 5.94. The van der Waals surface area contributed by atoms with Gasteiger partial charge in [-0.1, -0.05) is 12.1 Å². The highest BCUT2D eigenvalue weighted by atomic mass is 19.1. The quantitative estimate of drug-likeness (QED) is 0.798. The van der Waals surface area contributed by atoms with Crippen molar-refractivity contribution in [2.45, 2.75) is 19.3 Å². The van der Waals surface area contributed by atoms with E-state index in [1.165, 1.54) is 12.1 Å². The number of carbonyl (C=O) groups excluding carboxylic acids is 2. The van der Waals surface area contributed by atoms with Crippen molar-refractivity contribution in [3.05, 3.63) is 53.8 Å². The molecule has 0 atom stereocenters. The largest absolute Gasteiger partial charge is 0.454 e. The van der Waals surface area contributed by atoms with Crippen LogP contribution in [0, 0.1) is 5.82 Å². The average Bonchev–Trinajstić information content (AvgIpc) is 3.09. The lowest BCUT2D eigenvalue weighted by molar-refractivity contribution is -0.124. The third kappa shape index (κ3) is 4.95. The predicted molar refractivity (Wildman–Crippen MR) is 93.5 cm³/mol. The molecule has 1 aliphatic rings. The summed E-state index contributed by atoms with van der Waals surface area (Å²) in [6, 6.07) is 11.3. The molecule has 0 bridgehead atoms. The van der Waals surface area contributed by atoms with E-state index in [1.54, 1.807) is 30.3 Å². The van der Waals surface area contributed by atoms with Crippen molar-refractivity contribution >= 4 is 17.5 Å². The molecule has 0 saturated carbocycles. The van der Waals surface area contributed by atoms with E-state index in [9.17, 15) is 14.0 Å². The van der Waals surface area contributed by atoms with Crippen LogP contribution in [0.3, 0.4) is 0 Å². The molecule has 0 unspecified atom stereocenters. The SMILES string of the molecule is O=C(CCCc1ccc(F)cc1)NCC(=O)Nc1ccc2c(c1)OCO2. The number of benzene rings is 2. The van der Waals surface area contributed by atoms with Gasteiger partial charge in [-0.2, -0.15) is 0 Å². The Hall–Kier alpha value is -3.09. The van der Waals surface area contributed by atoms with E-state index in [4.69, 9.17) is 9.47 Å². The standard InChI is InChI=1S/C19H19FN2O4/c20-14-6-4-13(5-7-14)2-1-3-18(23)21-11-19(24)22-15-8-9-16-17(10-15)26-12-25-16/h4-10H,1-3,11-12H2,(H,21,23)(H,22,24). The Kier molecular flexibility index (Phi) is 5.68. The van der Waals surface area contributed by atoms with Gasteiger partial charge in [-0.25, -0.2) is 4.39 Å². The molecule has 6 nitrogen and oxygen atoms in total. The van der Waals surface area contributed by atoms with E-state index >= 15 is 0 Å². The van der Waals surface area contributed by atoms with Crippen molar-refractivity contribution in [3.63, 3.8) is 0 Å². The van der Waals surface area contributed by atoms with Gasteiger partial charge in [0.2, 0.25) is 18.6 Å². The van der Waals surface area contributed by atoms with Gasteiger partial charge in [-0.15, -0.1) is 0 Å². The molecule has 0 aliphatic carbocycles. The van der Waals surface area contributed by atoms with Gasteiger partial charge in [0.05, 0.1) is 6.54 Å². The molecule has 0 spiro atoms. The maximum absolute atomic E-state index is 12.8. The summed E-state index contributed by atoms with van der Waals surface area (Å²) in [6.07, 6.45) is 1.60. The molecule has 0 aromatic heterocycles. The van der Waals surface area contributed by atoms with Gasteiger partial charge in [0.25, 0.3) is 0 Å². The molecule has 136 valence electrons. The number of nitrogens with one attached hydrogen (secondary N) is 2. The Morgan fingerprint density at radius 3 is 2.58 bits per heavy atom. The number of amides is 2. The van der Waals surface area contributed by atoms with Crippen molar-refractivity contribution in [2.75, 3.05) is 18.7 Å². The molecule has 26 heavy (non-hydrogen) atoms. The summed E-state index contributed by atoms with van der Waals surface area (Å²) < 4.78 is 23.3. The number of ether oxygens (including phenoxy) is 2. The van der Waals surface area contributed by atoms with E-state index in [0.29, 0.717) is 36.4 Å². The smallest absolute Gasteiger partial charge is 0.243 e. The Labute approximate surface area is 150 Å². The zero-order chi connectivity index (χ0) is 18.4. The van der Waals surface area contributed by atoms with Crippen molar-refractivity contribution in [2.24, 2.45) is 0 Å². The number of hydrogen-bond donors (Lipinski definition) is 2. The van der Waals surface area contributed by atoms with Gasteiger partial charge in [-0.05, 0) is 42.7 Å². The van der Waals surface area contributed by atoms with Crippen molar-refractivity contribution in [1.82, 2.24) is 5.32 Å². The minimum Gasteiger partial charge on any atom is -0.454 e. The number of carbonyl (C=O) groups is 2. The van der Waals surface area contributed by atoms with Gasteiger partial charge >= 0.3 is 0 Å². The van der Waals surface area contributed by atoms with Crippen LogP contribution in [0.5, 0.6) is 11.5 Å². The first-order valence-corrected chi connectivity index (χ1v) is 8.31. The van der Waals surface area contributed by atoms with Gasteiger partial charge in [-0.3, -0.25) is 9.59 Å². The Morgan fingerprint density at radius 1 is 1.00 bits per heavy atom. The highest BCUT2D eigenvalue weighted by Crippen LogP contribution is 2.34. The lowest BCUT2D eigenvalue weighted by Crippen LogP contribution is -2.32. The van der Waals surface area contributed by atoms with E-state index in [-0.39, 0.29) is 31.0 Å². The van der Waals surface area contributed by atoms with E-state index in [1.807, 2.05) is 0 Å². The summed E-state index contributed by atoms with van der Waals surface area (Å²) in [6.45, 7) is 0.0601. The number of hydrogen-bond acceptors (Lipinski definition) is 4. The third-order valence-electron chi connectivity index (χ3n) is 3.88. The van der Waals surface area contributed by atoms with Crippen LogP contribution in [0.4, 0.5) is 10.1 Å². The second-order valence-electron chi connectivity index (χ2n) is 5.87. The molecular formula is C19H19FN2O4. The van der Waals surface area contributed by atoms with Crippen molar-refractivity contribution in [1.29, 1.82) is 0 Å². The zero-order valence-corrected chi connectivity index (χ0v) is 14.1. The van der Waals surface area contributed by atoms with Crippen molar-refractivity contribution < 1.29 is 23.5 Å². The summed E-state index contributed by atoms with van der Waals surface area (Å²) in [7, 11) is 0. The maximum atomic E-state index is 12.8. The minimum absolute atomic E-state index is 0.107. The Bertz CT molecular complexity index is 793. The number of anilines is 1. The van der Waals surface area contributed by atoms with Crippen LogP contribution in [0.25, 0.3) is 0 Å². The van der Waals surface area contributed by atoms with E-state index < -0.39 is 0 Å². The van der Waals surface area contributed by atoms with Crippen LogP contribution < -0.4 is 20.1 Å². The third-order valence-corrected chi connectivity index (χ3v) is 3.88. The molecular weight excluding hydrogens is 339 g/mol. The molecule has 0 radical (unpaired) electrons. The summed E-state index contributed by atoms with van der Waals surface area (Å²) in [5.41, 5.74) is 1.55. The number of aryl methyl sites for hydroxylation is 1. The predicted octanol–water partition coefficient (Wildman–Crippen LogP) is 2.63. The summed E-state index contributed by atoms with van der Waals surface area (Å²) in [5.74, 6) is 0.411. The summed E-state index contributed by atoms with van der Waals surface area (Å²) in [5, 5.41) is 5.27. The normalized spacial score (nSPS) is 11.9. The van der Waals surface area contributed by atoms with Crippen LogP contribution in [0.1, 0.15) is 18.4 Å². The Balaban J connectivity index is 1.36. The molecule has 2 aromatic rings. The number of fused-ring (bicyclic) bond motifs is 1. The molecule has 2 aromatic carbocycles. The van der Waals surface area contributed by atoms with Crippen molar-refractivity contribution in [3.8, 4) is 11.5 Å². The summed E-state index contributed by atoms with van der Waals surface area (Å²) >= 11 is 0. The fraction of sp³-hybridized carbons (Fsp3) is 0.263. The first-order valence-electron chi connectivity index (χ1n) is 8.31. The van der Waals surface area contributed by atoms with Gasteiger partial charge in [0.1, 0.15) is 5.82 Å². The monoisotopic (exact) mass is 358 g/mol. The van der Waals surface area contributed by atoms with Crippen LogP contribution in [0.15, 0.2) is 42.5 Å². The second-order valence-corrected chi connectivity index (χ2v) is 5.87.